The van der Waals surface area contributed by atoms with Crippen LogP contribution >= 0.6 is 0 Å². The molecule has 162 valence electrons. The maximum absolute atomic E-state index is 12.3. The van der Waals surface area contributed by atoms with E-state index in [9.17, 15) is 22.8 Å². The minimum absolute atomic E-state index is 0.0614. The normalized spacial score (nSPS) is 20.2. The molecule has 1 aromatic rings. The number of fused-ring (bicyclic) bond motifs is 1. The van der Waals surface area contributed by atoms with Gasteiger partial charge in [-0.3, -0.25) is 19.3 Å². The largest absolute Gasteiger partial charge is 0.469 e. The predicted molar refractivity (Wildman–Crippen MR) is 105 cm³/mol. The number of amidine groups is 1. The van der Waals surface area contributed by atoms with Crippen LogP contribution in [0.4, 0.5) is 0 Å². The van der Waals surface area contributed by atoms with Crippen LogP contribution in [0.2, 0.25) is 0 Å². The monoisotopic (exact) mass is 437 g/mol. The van der Waals surface area contributed by atoms with E-state index in [-0.39, 0.29) is 28.5 Å². The van der Waals surface area contributed by atoms with Gasteiger partial charge in [-0.1, -0.05) is 12.1 Å². The summed E-state index contributed by atoms with van der Waals surface area (Å²) in [4.78, 5) is 41.8. The lowest BCUT2D eigenvalue weighted by molar-refractivity contribution is -0.154. The van der Waals surface area contributed by atoms with Gasteiger partial charge in [-0.2, -0.15) is 0 Å². The molecule has 2 aliphatic heterocycles. The Morgan fingerprint density at radius 3 is 2.57 bits per heavy atom. The number of ether oxygens (including phenoxy) is 2. The van der Waals surface area contributed by atoms with E-state index >= 15 is 0 Å². The van der Waals surface area contributed by atoms with Gasteiger partial charge in [-0.25, -0.2) is 13.2 Å². The number of carbonyl (C=O) groups excluding carboxylic acids is 3. The third-order valence-electron chi connectivity index (χ3n) is 5.05. The molecule has 0 aliphatic carbocycles. The number of nitrogens with zero attached hydrogens (tertiary/aromatic N) is 2. The first-order chi connectivity index (χ1) is 14.2. The molecule has 0 saturated carbocycles. The van der Waals surface area contributed by atoms with Crippen molar-refractivity contribution in [3.05, 3.63) is 29.8 Å². The Hall–Kier alpha value is -2.95. The van der Waals surface area contributed by atoms with Gasteiger partial charge in [-0.15, -0.1) is 0 Å². The summed E-state index contributed by atoms with van der Waals surface area (Å²) in [6.07, 6.45) is 0.992. The molecule has 1 unspecified atom stereocenters. The first-order valence-electron chi connectivity index (χ1n) is 9.45. The van der Waals surface area contributed by atoms with Crippen molar-refractivity contribution in [1.82, 2.24) is 9.62 Å². The van der Waals surface area contributed by atoms with Gasteiger partial charge in [0, 0.05) is 18.7 Å². The molecule has 0 radical (unpaired) electrons. The van der Waals surface area contributed by atoms with E-state index in [2.05, 4.69) is 9.71 Å². The number of carbonyl (C=O) groups is 3. The van der Waals surface area contributed by atoms with Gasteiger partial charge < -0.3 is 14.4 Å². The van der Waals surface area contributed by atoms with Gasteiger partial charge in [0.2, 0.25) is 0 Å². The van der Waals surface area contributed by atoms with Crippen molar-refractivity contribution in [2.45, 2.75) is 30.7 Å². The molecule has 1 fully saturated rings. The Morgan fingerprint density at radius 1 is 1.23 bits per heavy atom. The molecule has 0 spiro atoms. The second-order valence-electron chi connectivity index (χ2n) is 7.04. The fourth-order valence-corrected chi connectivity index (χ4v) is 4.59. The number of likely N-dealkylation sites (tertiary alicyclic amines) is 1. The maximum atomic E-state index is 12.3. The molecular formula is C19H23N3O7S. The van der Waals surface area contributed by atoms with E-state index in [4.69, 9.17) is 9.47 Å². The van der Waals surface area contributed by atoms with Crippen LogP contribution in [0, 0.1) is 5.92 Å². The Labute approximate surface area is 174 Å². The van der Waals surface area contributed by atoms with Gasteiger partial charge in [-0.05, 0) is 31.9 Å². The number of sulfonamides is 1. The summed E-state index contributed by atoms with van der Waals surface area (Å²) < 4.78 is 36.3. The minimum Gasteiger partial charge on any atom is -0.469 e. The number of benzene rings is 1. The molecule has 2 heterocycles. The lowest BCUT2D eigenvalue weighted by Gasteiger charge is -2.30. The van der Waals surface area contributed by atoms with Crippen molar-refractivity contribution in [1.29, 1.82) is 0 Å². The fraction of sp³-hybridized carbons (Fsp3) is 0.474. The van der Waals surface area contributed by atoms with E-state index in [1.165, 1.54) is 25.0 Å². The molecule has 1 saturated heterocycles. The zero-order valence-electron chi connectivity index (χ0n) is 16.7. The van der Waals surface area contributed by atoms with Crippen LogP contribution in [-0.4, -0.2) is 69.8 Å². The molecule has 10 nitrogen and oxygen atoms in total. The van der Waals surface area contributed by atoms with E-state index in [1.807, 2.05) is 0 Å². The average molecular weight is 437 g/mol. The summed E-state index contributed by atoms with van der Waals surface area (Å²) in [6, 6.07) is 5.29. The van der Waals surface area contributed by atoms with Crippen molar-refractivity contribution >= 4 is 33.7 Å². The van der Waals surface area contributed by atoms with Crippen LogP contribution in [0.3, 0.4) is 0 Å². The van der Waals surface area contributed by atoms with Crippen LogP contribution in [0.1, 0.15) is 25.3 Å². The van der Waals surface area contributed by atoms with E-state index < -0.39 is 28.6 Å². The van der Waals surface area contributed by atoms with Gasteiger partial charge in [0.05, 0.1) is 17.9 Å². The van der Waals surface area contributed by atoms with E-state index in [0.29, 0.717) is 31.5 Å². The van der Waals surface area contributed by atoms with Crippen molar-refractivity contribution in [2.24, 2.45) is 10.9 Å². The van der Waals surface area contributed by atoms with Crippen LogP contribution in [0.15, 0.2) is 34.2 Å². The highest BCUT2D eigenvalue weighted by molar-refractivity contribution is 7.90. The van der Waals surface area contributed by atoms with Crippen molar-refractivity contribution in [3.63, 3.8) is 0 Å². The second kappa shape index (κ2) is 8.82. The Balaban J connectivity index is 1.54. The number of piperidine rings is 1. The second-order valence-corrected chi connectivity index (χ2v) is 8.69. The zero-order valence-corrected chi connectivity index (χ0v) is 17.5. The molecule has 0 bridgehead atoms. The lowest BCUT2D eigenvalue weighted by atomic mass is 9.97. The molecule has 0 aromatic heterocycles. The molecule has 1 amide bonds. The smallest absolute Gasteiger partial charge is 0.331 e. The number of hydrogen-bond acceptors (Lipinski definition) is 8. The maximum Gasteiger partial charge on any atom is 0.331 e. The molecule has 1 atom stereocenters. The highest BCUT2D eigenvalue weighted by Crippen LogP contribution is 2.23. The van der Waals surface area contributed by atoms with Crippen molar-refractivity contribution in [2.75, 3.05) is 26.8 Å². The molecule has 2 aliphatic rings. The van der Waals surface area contributed by atoms with Crippen LogP contribution in [-0.2, 0) is 33.9 Å². The molecular weight excluding hydrogens is 414 g/mol. The molecule has 3 rings (SSSR count). The number of amides is 1. The molecule has 30 heavy (non-hydrogen) atoms. The standard InChI is InChI=1S/C19H23N3O7S/c1-12(20-17-14-5-3-4-6-15(14)30(26,27)21-17)18(24)29-11-16(23)22-9-7-13(8-10-22)19(25)28-2/h3-6,12-13H,7-11H2,1-2H3,(H,20,21). The Kier molecular flexibility index (Phi) is 6.40. The number of methoxy groups -OCH3 is 1. The topological polar surface area (TPSA) is 131 Å². The Morgan fingerprint density at radius 2 is 1.90 bits per heavy atom. The van der Waals surface area contributed by atoms with Gasteiger partial charge in [0.25, 0.3) is 15.9 Å². The molecule has 11 heteroatoms. The van der Waals surface area contributed by atoms with E-state index in [0.717, 1.165) is 0 Å². The summed E-state index contributed by atoms with van der Waals surface area (Å²) in [7, 11) is -2.37. The summed E-state index contributed by atoms with van der Waals surface area (Å²) in [5, 5.41) is 0. The molecule has 1 aromatic carbocycles. The summed E-state index contributed by atoms with van der Waals surface area (Å²) >= 11 is 0. The number of aliphatic imine (C=N–C) groups is 1. The first-order valence-corrected chi connectivity index (χ1v) is 10.9. The predicted octanol–water partition coefficient (Wildman–Crippen LogP) is 0.0684. The van der Waals surface area contributed by atoms with Crippen LogP contribution in [0.25, 0.3) is 0 Å². The highest BCUT2D eigenvalue weighted by atomic mass is 32.2. The average Bonchev–Trinajstić information content (AvgIpc) is 3.01. The number of nitrogens with one attached hydrogen (secondary N) is 1. The third kappa shape index (κ3) is 4.61. The fourth-order valence-electron chi connectivity index (χ4n) is 3.35. The van der Waals surface area contributed by atoms with Gasteiger partial charge in [0.15, 0.2) is 6.61 Å². The van der Waals surface area contributed by atoms with Gasteiger partial charge >= 0.3 is 11.9 Å². The highest BCUT2D eigenvalue weighted by Gasteiger charge is 2.32. The summed E-state index contributed by atoms with van der Waals surface area (Å²) in [5.41, 5.74) is 0.377. The lowest BCUT2D eigenvalue weighted by Crippen LogP contribution is -2.42. The summed E-state index contributed by atoms with van der Waals surface area (Å²) in [5.74, 6) is -1.56. The molecule has 1 N–H and O–H groups in total. The number of esters is 2. The summed E-state index contributed by atoms with van der Waals surface area (Å²) in [6.45, 7) is 1.77. The number of rotatable bonds is 5. The quantitative estimate of drug-likeness (QED) is 0.645. The van der Waals surface area contributed by atoms with E-state index in [1.54, 1.807) is 18.2 Å². The van der Waals surface area contributed by atoms with Crippen molar-refractivity contribution in [3.8, 4) is 0 Å². The SMILES string of the molecule is COC(=O)C1CCN(C(=O)COC(=O)C(C)N=C2NS(=O)(=O)c3ccccc32)CC1. The van der Waals surface area contributed by atoms with Crippen LogP contribution in [0.5, 0.6) is 0 Å². The van der Waals surface area contributed by atoms with Crippen molar-refractivity contribution < 1.29 is 32.3 Å². The Bertz CT molecular complexity index is 982. The van der Waals surface area contributed by atoms with Gasteiger partial charge in [0.1, 0.15) is 11.9 Å². The first kappa shape index (κ1) is 21.8. The van der Waals surface area contributed by atoms with Crippen LogP contribution < -0.4 is 4.72 Å². The third-order valence-corrected chi connectivity index (χ3v) is 6.44. The zero-order chi connectivity index (χ0) is 21.9. The number of hydrogen-bond donors (Lipinski definition) is 1. The minimum atomic E-state index is -3.71.